The molecule has 0 spiro atoms. The van der Waals surface area contributed by atoms with Crippen LogP contribution in [0.1, 0.15) is 10.5 Å². The summed E-state index contributed by atoms with van der Waals surface area (Å²) < 4.78 is 11.3. The lowest BCUT2D eigenvalue weighted by Gasteiger charge is -2.05. The molecule has 19 heavy (non-hydrogen) atoms. The topological polar surface area (TPSA) is 120 Å². The third-order valence-electron chi connectivity index (χ3n) is 2.74. The van der Waals surface area contributed by atoms with E-state index in [4.69, 9.17) is 20.3 Å². The fourth-order valence-corrected chi connectivity index (χ4v) is 1.93. The Morgan fingerprint density at radius 2 is 2.11 bits per heavy atom. The van der Waals surface area contributed by atoms with Gasteiger partial charge in [-0.05, 0) is 12.1 Å². The van der Waals surface area contributed by atoms with Gasteiger partial charge in [0.25, 0.3) is 0 Å². The van der Waals surface area contributed by atoms with Crippen LogP contribution in [0.3, 0.4) is 0 Å². The average Bonchev–Trinajstić information content (AvgIpc) is 2.91. The first kappa shape index (κ1) is 11.2. The predicted octanol–water partition coefficient (Wildman–Crippen LogP) is 0.175. The van der Waals surface area contributed by atoms with Gasteiger partial charge in [0.05, 0.1) is 5.69 Å². The molecule has 2 aromatic rings. The molecule has 0 aliphatic carbocycles. The maximum atomic E-state index is 11.8. The number of aromatic carboxylic acids is 1. The minimum absolute atomic E-state index is 0.0920. The van der Waals surface area contributed by atoms with Crippen LogP contribution >= 0.6 is 0 Å². The quantitative estimate of drug-likeness (QED) is 0.710. The van der Waals surface area contributed by atoms with E-state index in [-0.39, 0.29) is 18.3 Å². The highest BCUT2D eigenvalue weighted by molar-refractivity contribution is 5.91. The number of ether oxygens (including phenoxy) is 2. The number of H-pyrrole nitrogens is 1. The number of carbonyl (C=O) groups is 1. The number of nitrogen functional groups attached to an aromatic ring is 1. The minimum Gasteiger partial charge on any atom is -0.476 e. The fourth-order valence-electron chi connectivity index (χ4n) is 1.93. The summed E-state index contributed by atoms with van der Waals surface area (Å²) in [6.45, 7) is 0.0920. The number of carboxylic acid groups (broad SMARTS) is 1. The van der Waals surface area contributed by atoms with Crippen molar-refractivity contribution in [1.82, 2.24) is 9.55 Å². The second-order valence-corrected chi connectivity index (χ2v) is 3.87. The number of nitrogens with zero attached hydrogens (tertiary/aromatic N) is 1. The SMILES string of the molecule is Nc1[nH]c(=O)n(-c2ccc3c(c2)OCO3)c1C(=O)O. The van der Waals surface area contributed by atoms with Gasteiger partial charge in [0, 0.05) is 6.07 Å². The lowest BCUT2D eigenvalue weighted by atomic mass is 10.2. The van der Waals surface area contributed by atoms with Crippen molar-refractivity contribution in [3.8, 4) is 17.2 Å². The second kappa shape index (κ2) is 3.80. The van der Waals surface area contributed by atoms with Crippen LogP contribution in [-0.4, -0.2) is 27.4 Å². The van der Waals surface area contributed by atoms with E-state index < -0.39 is 11.7 Å². The van der Waals surface area contributed by atoms with Crippen molar-refractivity contribution in [2.75, 3.05) is 12.5 Å². The third-order valence-corrected chi connectivity index (χ3v) is 2.74. The van der Waals surface area contributed by atoms with Gasteiger partial charge in [-0.2, -0.15) is 0 Å². The Balaban J connectivity index is 2.22. The van der Waals surface area contributed by atoms with Gasteiger partial charge in [-0.3, -0.25) is 9.55 Å². The molecule has 1 aromatic heterocycles. The molecule has 0 amide bonds. The van der Waals surface area contributed by atoms with Crippen molar-refractivity contribution in [2.24, 2.45) is 0 Å². The number of anilines is 1. The summed E-state index contributed by atoms with van der Waals surface area (Å²) in [5.41, 5.74) is 4.87. The van der Waals surface area contributed by atoms with E-state index in [2.05, 4.69) is 4.98 Å². The van der Waals surface area contributed by atoms with Crippen LogP contribution in [0.15, 0.2) is 23.0 Å². The highest BCUT2D eigenvalue weighted by Crippen LogP contribution is 2.33. The molecule has 0 radical (unpaired) electrons. The van der Waals surface area contributed by atoms with E-state index in [9.17, 15) is 9.59 Å². The zero-order valence-electron chi connectivity index (χ0n) is 9.54. The molecule has 98 valence electrons. The van der Waals surface area contributed by atoms with Crippen LogP contribution in [-0.2, 0) is 0 Å². The number of fused-ring (bicyclic) bond motifs is 1. The first-order chi connectivity index (χ1) is 9.08. The third kappa shape index (κ3) is 1.61. The van der Waals surface area contributed by atoms with Gasteiger partial charge in [-0.15, -0.1) is 0 Å². The number of benzene rings is 1. The van der Waals surface area contributed by atoms with Gasteiger partial charge in [-0.1, -0.05) is 0 Å². The number of nitrogens with two attached hydrogens (primary N) is 1. The summed E-state index contributed by atoms with van der Waals surface area (Å²) in [7, 11) is 0. The summed E-state index contributed by atoms with van der Waals surface area (Å²) in [5, 5.41) is 9.10. The molecule has 3 rings (SSSR count). The number of hydrogen-bond donors (Lipinski definition) is 3. The van der Waals surface area contributed by atoms with E-state index in [1.165, 1.54) is 6.07 Å². The summed E-state index contributed by atoms with van der Waals surface area (Å²) >= 11 is 0. The van der Waals surface area contributed by atoms with Crippen molar-refractivity contribution < 1.29 is 19.4 Å². The minimum atomic E-state index is -1.30. The molecule has 0 saturated heterocycles. The van der Waals surface area contributed by atoms with Crippen LogP contribution < -0.4 is 20.9 Å². The van der Waals surface area contributed by atoms with Crippen LogP contribution in [0.5, 0.6) is 11.5 Å². The van der Waals surface area contributed by atoms with Crippen molar-refractivity contribution in [2.45, 2.75) is 0 Å². The molecule has 0 bridgehead atoms. The molecule has 1 aliphatic rings. The molecular weight excluding hydrogens is 254 g/mol. The molecule has 4 N–H and O–H groups in total. The van der Waals surface area contributed by atoms with Crippen LogP contribution in [0.2, 0.25) is 0 Å². The number of imidazole rings is 1. The number of nitrogens with one attached hydrogen (secondary N) is 1. The summed E-state index contributed by atoms with van der Waals surface area (Å²) in [6.07, 6.45) is 0. The molecule has 8 nitrogen and oxygen atoms in total. The first-order valence-electron chi connectivity index (χ1n) is 5.31. The highest BCUT2D eigenvalue weighted by atomic mass is 16.7. The molecule has 0 fully saturated rings. The first-order valence-corrected chi connectivity index (χ1v) is 5.31. The largest absolute Gasteiger partial charge is 0.476 e. The molecule has 0 atom stereocenters. The predicted molar refractivity (Wildman–Crippen MR) is 63.9 cm³/mol. The van der Waals surface area contributed by atoms with Crippen molar-refractivity contribution in [3.63, 3.8) is 0 Å². The van der Waals surface area contributed by atoms with E-state index in [0.717, 1.165) is 4.57 Å². The monoisotopic (exact) mass is 263 g/mol. The number of hydrogen-bond acceptors (Lipinski definition) is 5. The van der Waals surface area contributed by atoms with Crippen LogP contribution in [0, 0.1) is 0 Å². The summed E-state index contributed by atoms with van der Waals surface area (Å²) in [5.74, 6) is -0.513. The van der Waals surface area contributed by atoms with Crippen molar-refractivity contribution in [3.05, 3.63) is 34.4 Å². The number of aromatic nitrogens is 2. The number of aromatic amines is 1. The molecule has 0 saturated carbocycles. The normalized spacial score (nSPS) is 12.6. The Kier molecular flexibility index (Phi) is 2.24. The Hall–Kier alpha value is -2.90. The van der Waals surface area contributed by atoms with Crippen LogP contribution in [0.25, 0.3) is 5.69 Å². The lowest BCUT2D eigenvalue weighted by Crippen LogP contribution is -2.19. The molecule has 0 unspecified atom stereocenters. The van der Waals surface area contributed by atoms with Gasteiger partial charge in [0.15, 0.2) is 17.2 Å². The Bertz CT molecular complexity index is 730. The number of rotatable bonds is 2. The summed E-state index contributed by atoms with van der Waals surface area (Å²) in [4.78, 5) is 25.2. The van der Waals surface area contributed by atoms with Crippen LogP contribution in [0.4, 0.5) is 5.82 Å². The molecular formula is C11H9N3O5. The van der Waals surface area contributed by atoms with Gasteiger partial charge >= 0.3 is 11.7 Å². The Morgan fingerprint density at radius 3 is 2.84 bits per heavy atom. The van der Waals surface area contributed by atoms with E-state index in [0.29, 0.717) is 17.2 Å². The highest BCUT2D eigenvalue weighted by Gasteiger charge is 2.22. The zero-order chi connectivity index (χ0) is 13.6. The maximum Gasteiger partial charge on any atom is 0.356 e. The molecule has 2 heterocycles. The van der Waals surface area contributed by atoms with Gasteiger partial charge in [-0.25, -0.2) is 9.59 Å². The Labute approximate surface area is 106 Å². The van der Waals surface area contributed by atoms with Crippen molar-refractivity contribution in [1.29, 1.82) is 0 Å². The Morgan fingerprint density at radius 1 is 1.37 bits per heavy atom. The molecule has 8 heteroatoms. The van der Waals surface area contributed by atoms with Crippen molar-refractivity contribution >= 4 is 11.8 Å². The smallest absolute Gasteiger partial charge is 0.356 e. The standard InChI is InChI=1S/C11H9N3O5/c12-9-8(10(15)16)14(11(17)13-9)5-1-2-6-7(3-5)19-4-18-6/h1-3H,4,12H2,(H,13,17)(H,15,16). The maximum absolute atomic E-state index is 11.8. The average molecular weight is 263 g/mol. The zero-order valence-corrected chi connectivity index (χ0v) is 9.54. The summed E-state index contributed by atoms with van der Waals surface area (Å²) in [6, 6.07) is 4.66. The lowest BCUT2D eigenvalue weighted by molar-refractivity contribution is 0.0689. The van der Waals surface area contributed by atoms with Gasteiger partial charge < -0.3 is 20.3 Å². The molecule has 1 aliphatic heterocycles. The second-order valence-electron chi connectivity index (χ2n) is 3.87. The van der Waals surface area contributed by atoms with E-state index >= 15 is 0 Å². The van der Waals surface area contributed by atoms with E-state index in [1.54, 1.807) is 12.1 Å². The molecule has 1 aromatic carbocycles. The van der Waals surface area contributed by atoms with Gasteiger partial charge in [0.1, 0.15) is 5.82 Å². The van der Waals surface area contributed by atoms with Gasteiger partial charge in [0.2, 0.25) is 6.79 Å². The number of carboxylic acids is 1. The van der Waals surface area contributed by atoms with E-state index in [1.807, 2.05) is 0 Å². The fraction of sp³-hybridized carbons (Fsp3) is 0.0909.